The number of fused-ring (bicyclic) bond motifs is 2. The number of benzene rings is 2. The van der Waals surface area contributed by atoms with Gasteiger partial charge in [-0.25, -0.2) is 29.4 Å². The van der Waals surface area contributed by atoms with Crippen molar-refractivity contribution in [3.63, 3.8) is 0 Å². The number of hydrogen-bond donors (Lipinski definition) is 2. The summed E-state index contributed by atoms with van der Waals surface area (Å²) in [4.78, 5) is 37.5. The van der Waals surface area contributed by atoms with Crippen LogP contribution >= 0.6 is 15.9 Å². The van der Waals surface area contributed by atoms with E-state index < -0.39 is 23.4 Å². The molecule has 0 aliphatic heterocycles. The van der Waals surface area contributed by atoms with E-state index in [1.54, 1.807) is 123 Å². The normalized spacial score (nSPS) is 11.6. The molecule has 0 radical (unpaired) electrons. The smallest absolute Gasteiger partial charge is 0.420 e. The number of aromatic hydroxyl groups is 2. The Morgan fingerprint density at radius 3 is 1.56 bits per heavy atom. The van der Waals surface area contributed by atoms with Gasteiger partial charge >= 0.3 is 12.2 Å². The van der Waals surface area contributed by atoms with E-state index in [-0.39, 0.29) is 11.5 Å². The Hall–Kier alpha value is -6.49. The summed E-state index contributed by atoms with van der Waals surface area (Å²) in [6, 6.07) is 15.9. The standard InChI is InChI=1S/C21H22N6O3.C17H17BrN4O3/c1-21(2,3)30-20(29)26(15-5-7-16(28)8-6-15)18-9-10-22-19-17(12-24-27(18)19)14-11-23-25(4)13-14;1-17(2,3)25-16(24)21(11-4-6-12(23)7-5-11)14-8-9-19-15-13(18)10-20-22(14)15/h5-13,28H,1-4H3;4-10,23H,1-3H3. The first-order valence-electron chi connectivity index (χ1n) is 16.9. The molecule has 0 fully saturated rings. The number of hydrogen-bond acceptors (Lipinski definition) is 11. The van der Waals surface area contributed by atoms with Crippen LogP contribution in [0.15, 0.2) is 102 Å². The van der Waals surface area contributed by atoms with E-state index in [1.807, 2.05) is 13.2 Å². The van der Waals surface area contributed by atoms with Crippen molar-refractivity contribution in [2.75, 3.05) is 9.80 Å². The van der Waals surface area contributed by atoms with Gasteiger partial charge in [-0.05, 0) is 106 Å². The highest BCUT2D eigenvalue weighted by molar-refractivity contribution is 9.10. The molecule has 0 unspecified atom stereocenters. The lowest BCUT2D eigenvalue weighted by atomic mass is 10.2. The molecule has 0 bridgehead atoms. The zero-order valence-electron chi connectivity index (χ0n) is 31.1. The molecule has 2 amide bonds. The van der Waals surface area contributed by atoms with E-state index in [2.05, 4.69) is 41.2 Å². The largest absolute Gasteiger partial charge is 0.508 e. The SMILES string of the molecule is CC(C)(C)OC(=O)N(c1ccc(O)cc1)c1ccnc2c(Br)cnn12.Cn1cc(-c2cnn3c(N(C(=O)OC(C)(C)C)c4ccc(O)cc4)ccnc23)cn1. The van der Waals surface area contributed by atoms with Crippen molar-refractivity contribution in [3.05, 3.63) is 102 Å². The van der Waals surface area contributed by atoms with Crippen LogP contribution in [0.2, 0.25) is 0 Å². The second kappa shape index (κ2) is 15.1. The minimum absolute atomic E-state index is 0.0979. The molecule has 284 valence electrons. The van der Waals surface area contributed by atoms with Crippen molar-refractivity contribution >= 4 is 62.4 Å². The average Bonchev–Trinajstić information content (AvgIpc) is 3.84. The topological polar surface area (TPSA) is 178 Å². The molecule has 55 heavy (non-hydrogen) atoms. The van der Waals surface area contributed by atoms with Crippen LogP contribution in [0.3, 0.4) is 0 Å². The predicted octanol–water partition coefficient (Wildman–Crippen LogP) is 8.18. The summed E-state index contributed by atoms with van der Waals surface area (Å²) in [6.07, 6.45) is 8.98. The summed E-state index contributed by atoms with van der Waals surface area (Å²) in [5.41, 5.74) is 2.51. The molecule has 0 spiro atoms. The minimum atomic E-state index is -0.691. The van der Waals surface area contributed by atoms with Gasteiger partial charge in [0, 0.05) is 48.9 Å². The van der Waals surface area contributed by atoms with E-state index in [1.165, 1.54) is 34.1 Å². The molecule has 2 N–H and O–H groups in total. The summed E-state index contributed by atoms with van der Waals surface area (Å²) >= 11 is 3.39. The highest BCUT2D eigenvalue weighted by atomic mass is 79.9. The van der Waals surface area contributed by atoms with Crippen molar-refractivity contribution in [2.45, 2.75) is 52.7 Å². The molecule has 0 aliphatic rings. The molecule has 0 aliphatic carbocycles. The van der Waals surface area contributed by atoms with Gasteiger partial charge in [0.25, 0.3) is 0 Å². The number of carbonyl (C=O) groups is 2. The molecule has 2 aromatic carbocycles. The van der Waals surface area contributed by atoms with E-state index in [9.17, 15) is 19.8 Å². The molecule has 17 heteroatoms. The second-order valence-electron chi connectivity index (χ2n) is 14.2. The number of amides is 2. The van der Waals surface area contributed by atoms with Crippen LogP contribution in [0.4, 0.5) is 32.6 Å². The van der Waals surface area contributed by atoms with Gasteiger partial charge in [0.15, 0.2) is 11.3 Å². The monoisotopic (exact) mass is 810 g/mol. The maximum absolute atomic E-state index is 13.1. The maximum Gasteiger partial charge on any atom is 0.420 e. The average molecular weight is 812 g/mol. The molecule has 5 heterocycles. The lowest BCUT2D eigenvalue weighted by Gasteiger charge is -2.27. The third kappa shape index (κ3) is 8.67. The number of phenols is 2. The van der Waals surface area contributed by atoms with Crippen LogP contribution < -0.4 is 9.80 Å². The fourth-order valence-corrected chi connectivity index (χ4v) is 5.68. The van der Waals surface area contributed by atoms with E-state index in [0.29, 0.717) is 38.8 Å². The van der Waals surface area contributed by atoms with Crippen molar-refractivity contribution in [1.82, 2.24) is 39.0 Å². The number of halogens is 1. The maximum atomic E-state index is 13.1. The number of phenolic OH excluding ortho intramolecular Hbond substituents is 2. The Balaban J connectivity index is 0.000000190. The zero-order valence-corrected chi connectivity index (χ0v) is 32.7. The van der Waals surface area contributed by atoms with Gasteiger partial charge < -0.3 is 19.7 Å². The Morgan fingerprint density at radius 2 is 1.11 bits per heavy atom. The first-order valence-corrected chi connectivity index (χ1v) is 17.7. The first kappa shape index (κ1) is 38.2. The molecular formula is C38H39BrN10O6. The highest BCUT2D eigenvalue weighted by Crippen LogP contribution is 2.33. The fourth-order valence-electron chi connectivity index (χ4n) is 5.31. The summed E-state index contributed by atoms with van der Waals surface area (Å²) < 4.78 is 16.7. The molecule has 5 aromatic heterocycles. The second-order valence-corrected chi connectivity index (χ2v) is 15.0. The van der Waals surface area contributed by atoms with Gasteiger partial charge in [0.1, 0.15) is 34.3 Å². The summed E-state index contributed by atoms with van der Waals surface area (Å²) in [5.74, 6) is 1.13. The third-order valence-corrected chi connectivity index (χ3v) is 8.12. The van der Waals surface area contributed by atoms with Crippen molar-refractivity contribution < 1.29 is 29.3 Å². The number of ether oxygens (including phenoxy) is 2. The fraction of sp³-hybridized carbons (Fsp3) is 0.237. The Labute approximate surface area is 324 Å². The molecule has 7 aromatic rings. The van der Waals surface area contributed by atoms with Crippen LogP contribution in [0, 0.1) is 0 Å². The van der Waals surface area contributed by atoms with Crippen molar-refractivity contribution in [2.24, 2.45) is 7.05 Å². The van der Waals surface area contributed by atoms with Crippen LogP contribution in [-0.2, 0) is 16.5 Å². The van der Waals surface area contributed by atoms with E-state index in [0.717, 1.165) is 11.1 Å². The molecule has 0 saturated heterocycles. The highest BCUT2D eigenvalue weighted by Gasteiger charge is 2.29. The number of aromatic nitrogens is 8. The van der Waals surface area contributed by atoms with Gasteiger partial charge in [-0.15, -0.1) is 0 Å². The molecular weight excluding hydrogens is 772 g/mol. The van der Waals surface area contributed by atoms with Gasteiger partial charge in [0.05, 0.1) is 34.4 Å². The number of rotatable bonds is 5. The number of aryl methyl sites for hydroxylation is 1. The van der Waals surface area contributed by atoms with Gasteiger partial charge in [0.2, 0.25) is 0 Å². The molecule has 0 saturated carbocycles. The van der Waals surface area contributed by atoms with Gasteiger partial charge in [-0.2, -0.15) is 24.3 Å². The number of nitrogens with zero attached hydrogens (tertiary/aromatic N) is 10. The van der Waals surface area contributed by atoms with Gasteiger partial charge in [-0.3, -0.25) is 4.68 Å². The quantitative estimate of drug-likeness (QED) is 0.171. The number of anilines is 4. The van der Waals surface area contributed by atoms with Crippen LogP contribution in [0.1, 0.15) is 41.5 Å². The summed E-state index contributed by atoms with van der Waals surface area (Å²) in [6.45, 7) is 10.8. The van der Waals surface area contributed by atoms with Crippen molar-refractivity contribution in [1.29, 1.82) is 0 Å². The molecule has 16 nitrogen and oxygen atoms in total. The minimum Gasteiger partial charge on any atom is -0.508 e. The van der Waals surface area contributed by atoms with E-state index >= 15 is 0 Å². The molecule has 7 rings (SSSR count). The Morgan fingerprint density at radius 1 is 0.655 bits per heavy atom. The van der Waals surface area contributed by atoms with E-state index in [4.69, 9.17) is 9.47 Å². The van der Waals surface area contributed by atoms with Gasteiger partial charge in [-0.1, -0.05) is 0 Å². The predicted molar refractivity (Wildman–Crippen MR) is 209 cm³/mol. The molecule has 0 atom stereocenters. The third-order valence-electron chi connectivity index (χ3n) is 7.56. The summed E-state index contributed by atoms with van der Waals surface area (Å²) in [7, 11) is 1.84. The lowest BCUT2D eigenvalue weighted by Crippen LogP contribution is -2.35. The number of carbonyl (C=O) groups excluding carboxylic acids is 2. The van der Waals surface area contributed by atoms with Crippen molar-refractivity contribution in [3.8, 4) is 22.6 Å². The first-order chi connectivity index (χ1) is 26.0. The zero-order chi connectivity index (χ0) is 39.7. The van der Waals surface area contributed by atoms with Crippen LogP contribution in [-0.4, -0.2) is 72.6 Å². The van der Waals surface area contributed by atoms with Crippen LogP contribution in [0.25, 0.3) is 22.4 Å². The lowest BCUT2D eigenvalue weighted by molar-refractivity contribution is 0.0586. The Bertz CT molecular complexity index is 2460. The summed E-state index contributed by atoms with van der Waals surface area (Å²) in [5, 5.41) is 32.1. The van der Waals surface area contributed by atoms with Crippen LogP contribution in [0.5, 0.6) is 11.5 Å². The Kier molecular flexibility index (Phi) is 10.5.